The Morgan fingerprint density at radius 3 is 2.72 bits per heavy atom. The molecule has 1 saturated carbocycles. The number of alkyl halides is 1. The van der Waals surface area contributed by atoms with Crippen LogP contribution in [0.3, 0.4) is 0 Å². The summed E-state index contributed by atoms with van der Waals surface area (Å²) in [6, 6.07) is 11.4. The molecule has 0 aliphatic heterocycles. The number of nitrogens with one attached hydrogen (secondary N) is 1. The molecule has 3 aromatic rings. The van der Waals surface area contributed by atoms with E-state index in [2.05, 4.69) is 10.3 Å². The van der Waals surface area contributed by atoms with E-state index in [0.29, 0.717) is 17.1 Å². The molecule has 1 N–H and O–H groups in total. The molecule has 2 aromatic heterocycles. The van der Waals surface area contributed by atoms with Crippen molar-refractivity contribution < 1.29 is 9.18 Å². The molecular formula is C23H24FN3O2. The van der Waals surface area contributed by atoms with E-state index in [0.717, 1.165) is 23.1 Å². The van der Waals surface area contributed by atoms with Crippen LogP contribution in [0.15, 0.2) is 53.6 Å². The number of amides is 1. The predicted octanol–water partition coefficient (Wildman–Crippen LogP) is 4.55. The lowest BCUT2D eigenvalue weighted by molar-refractivity contribution is -0.116. The van der Waals surface area contributed by atoms with Crippen LogP contribution in [0.25, 0.3) is 21.9 Å². The summed E-state index contributed by atoms with van der Waals surface area (Å²) in [5, 5.41) is 4.29. The van der Waals surface area contributed by atoms with Crippen LogP contribution in [0.5, 0.6) is 0 Å². The van der Waals surface area contributed by atoms with Crippen molar-refractivity contribution in [2.24, 2.45) is 5.92 Å². The van der Waals surface area contributed by atoms with E-state index in [1.807, 2.05) is 36.5 Å². The van der Waals surface area contributed by atoms with Crippen molar-refractivity contribution in [1.29, 1.82) is 0 Å². The molecule has 0 radical (unpaired) electrons. The molecule has 1 amide bonds. The molecule has 150 valence electrons. The highest BCUT2D eigenvalue weighted by atomic mass is 19.1. The highest BCUT2D eigenvalue weighted by molar-refractivity contribution is 5.90. The third-order valence-corrected chi connectivity index (χ3v) is 5.26. The van der Waals surface area contributed by atoms with Crippen molar-refractivity contribution in [2.45, 2.75) is 45.3 Å². The number of anilines is 1. The fourth-order valence-corrected chi connectivity index (χ4v) is 3.36. The summed E-state index contributed by atoms with van der Waals surface area (Å²) in [6.07, 6.45) is 5.26. The Morgan fingerprint density at radius 2 is 2.03 bits per heavy atom. The first-order valence-electron chi connectivity index (χ1n) is 10.0. The van der Waals surface area contributed by atoms with Gasteiger partial charge in [0.1, 0.15) is 5.82 Å². The van der Waals surface area contributed by atoms with Crippen molar-refractivity contribution >= 4 is 22.5 Å². The summed E-state index contributed by atoms with van der Waals surface area (Å²) in [5.74, 6) is 0.808. The average Bonchev–Trinajstić information content (AvgIpc) is 3.53. The van der Waals surface area contributed by atoms with Gasteiger partial charge in [-0.15, -0.1) is 0 Å². The van der Waals surface area contributed by atoms with Crippen LogP contribution in [0, 0.1) is 5.92 Å². The minimum Gasteiger partial charge on any atom is -0.315 e. The van der Waals surface area contributed by atoms with Gasteiger partial charge in [-0.2, -0.15) is 0 Å². The smallest absolute Gasteiger partial charge is 0.258 e. The van der Waals surface area contributed by atoms with Gasteiger partial charge in [-0.3, -0.25) is 9.59 Å². The number of hydrogen-bond donors (Lipinski definition) is 1. The highest BCUT2D eigenvalue weighted by Gasteiger charge is 2.22. The Morgan fingerprint density at radius 1 is 1.24 bits per heavy atom. The Bertz CT molecular complexity index is 1090. The SMILES string of the molecule is CC(F)CCC(=O)Nc1ccc(-c2ccc3ccn(CC4CC4)c(=O)c3c2)cn1. The topological polar surface area (TPSA) is 64.0 Å². The second-order valence-corrected chi connectivity index (χ2v) is 7.82. The fourth-order valence-electron chi connectivity index (χ4n) is 3.36. The lowest BCUT2D eigenvalue weighted by atomic mass is 10.0. The Labute approximate surface area is 168 Å². The maximum Gasteiger partial charge on any atom is 0.258 e. The van der Waals surface area contributed by atoms with Crippen LogP contribution in [0.1, 0.15) is 32.6 Å². The molecule has 6 heteroatoms. The number of halogens is 1. The summed E-state index contributed by atoms with van der Waals surface area (Å²) in [4.78, 5) is 28.9. The van der Waals surface area contributed by atoms with Crippen LogP contribution < -0.4 is 10.9 Å². The van der Waals surface area contributed by atoms with E-state index in [1.165, 1.54) is 19.8 Å². The van der Waals surface area contributed by atoms with Gasteiger partial charge in [0.2, 0.25) is 5.91 Å². The summed E-state index contributed by atoms with van der Waals surface area (Å²) in [6.45, 7) is 2.22. The van der Waals surface area contributed by atoms with Crippen molar-refractivity contribution in [3.05, 3.63) is 59.1 Å². The fraction of sp³-hybridized carbons (Fsp3) is 0.348. The molecule has 1 atom stereocenters. The summed E-state index contributed by atoms with van der Waals surface area (Å²) in [7, 11) is 0. The predicted molar refractivity (Wildman–Crippen MR) is 113 cm³/mol. The molecular weight excluding hydrogens is 369 g/mol. The molecule has 1 aliphatic carbocycles. The maximum absolute atomic E-state index is 12.9. The third kappa shape index (κ3) is 4.70. The first-order valence-corrected chi connectivity index (χ1v) is 10.0. The normalized spacial score (nSPS) is 14.7. The second-order valence-electron chi connectivity index (χ2n) is 7.82. The molecule has 29 heavy (non-hydrogen) atoms. The van der Waals surface area contributed by atoms with E-state index >= 15 is 0 Å². The van der Waals surface area contributed by atoms with E-state index in [-0.39, 0.29) is 24.3 Å². The van der Waals surface area contributed by atoms with Crippen LogP contribution >= 0.6 is 0 Å². The molecule has 1 fully saturated rings. The van der Waals surface area contributed by atoms with Crippen LogP contribution in [-0.2, 0) is 11.3 Å². The Balaban J connectivity index is 1.53. The zero-order valence-corrected chi connectivity index (χ0v) is 16.4. The number of aromatic nitrogens is 2. The van der Waals surface area contributed by atoms with Gasteiger partial charge >= 0.3 is 0 Å². The van der Waals surface area contributed by atoms with Gasteiger partial charge in [-0.05, 0) is 67.3 Å². The van der Waals surface area contributed by atoms with Crippen molar-refractivity contribution in [3.63, 3.8) is 0 Å². The number of fused-ring (bicyclic) bond motifs is 1. The van der Waals surface area contributed by atoms with E-state index < -0.39 is 6.17 Å². The third-order valence-electron chi connectivity index (χ3n) is 5.26. The zero-order chi connectivity index (χ0) is 20.4. The summed E-state index contributed by atoms with van der Waals surface area (Å²) in [5.41, 5.74) is 1.80. The number of nitrogens with zero attached hydrogens (tertiary/aromatic N) is 2. The van der Waals surface area contributed by atoms with Gasteiger partial charge in [0, 0.05) is 36.3 Å². The molecule has 0 saturated heterocycles. The number of pyridine rings is 2. The van der Waals surface area contributed by atoms with Crippen molar-refractivity contribution in [2.75, 3.05) is 5.32 Å². The zero-order valence-electron chi connectivity index (χ0n) is 16.4. The van der Waals surface area contributed by atoms with Gasteiger partial charge in [0.05, 0.1) is 6.17 Å². The molecule has 1 unspecified atom stereocenters. The van der Waals surface area contributed by atoms with Gasteiger partial charge in [-0.1, -0.05) is 12.1 Å². The maximum atomic E-state index is 12.9. The second kappa shape index (κ2) is 8.15. The lowest BCUT2D eigenvalue weighted by Gasteiger charge is -2.09. The number of hydrogen-bond acceptors (Lipinski definition) is 3. The first-order chi connectivity index (χ1) is 14.0. The minimum absolute atomic E-state index is 0.0372. The average molecular weight is 393 g/mol. The van der Waals surface area contributed by atoms with Gasteiger partial charge < -0.3 is 9.88 Å². The van der Waals surface area contributed by atoms with E-state index in [1.54, 1.807) is 16.8 Å². The lowest BCUT2D eigenvalue weighted by Crippen LogP contribution is -2.20. The molecule has 0 bridgehead atoms. The highest BCUT2D eigenvalue weighted by Crippen LogP contribution is 2.30. The van der Waals surface area contributed by atoms with Crippen LogP contribution in [-0.4, -0.2) is 21.6 Å². The number of carbonyl (C=O) groups excluding carboxylic acids is 1. The van der Waals surface area contributed by atoms with E-state index in [4.69, 9.17) is 0 Å². The molecule has 1 aromatic carbocycles. The summed E-state index contributed by atoms with van der Waals surface area (Å²) >= 11 is 0. The minimum atomic E-state index is -1.00. The monoisotopic (exact) mass is 393 g/mol. The van der Waals surface area contributed by atoms with Crippen LogP contribution in [0.4, 0.5) is 10.2 Å². The molecule has 5 nitrogen and oxygen atoms in total. The summed E-state index contributed by atoms with van der Waals surface area (Å²) < 4.78 is 14.7. The van der Waals surface area contributed by atoms with Crippen LogP contribution in [0.2, 0.25) is 0 Å². The Hall–Kier alpha value is -3.02. The largest absolute Gasteiger partial charge is 0.315 e. The van der Waals surface area contributed by atoms with E-state index in [9.17, 15) is 14.0 Å². The molecule has 2 heterocycles. The van der Waals surface area contributed by atoms with Crippen molar-refractivity contribution in [3.8, 4) is 11.1 Å². The number of rotatable bonds is 7. The quantitative estimate of drug-likeness (QED) is 0.640. The van der Waals surface area contributed by atoms with Crippen molar-refractivity contribution in [1.82, 2.24) is 9.55 Å². The van der Waals surface area contributed by atoms with Gasteiger partial charge in [0.15, 0.2) is 0 Å². The Kier molecular flexibility index (Phi) is 5.43. The standard InChI is InChI=1S/C23H24FN3O2/c1-15(24)2-9-22(28)26-21-8-7-19(13-25-21)18-6-5-17-10-11-27(14-16-3-4-16)23(29)20(17)12-18/h5-8,10-13,15-16H,2-4,9,14H2,1H3,(H,25,26,28). The molecule has 0 spiro atoms. The first kappa shape index (κ1) is 19.3. The molecule has 4 rings (SSSR count). The van der Waals surface area contributed by atoms with Gasteiger partial charge in [0.25, 0.3) is 5.56 Å². The molecule has 1 aliphatic rings. The number of carbonyl (C=O) groups is 1. The van der Waals surface area contributed by atoms with Gasteiger partial charge in [-0.25, -0.2) is 9.37 Å². The number of benzene rings is 1.